The zero-order valence-corrected chi connectivity index (χ0v) is 17.4. The largest absolute Gasteiger partial charge is 0.497 e. The number of hydrogen-bond donors (Lipinski definition) is 3. The molecular weight excluding hydrogens is 447 g/mol. The Kier molecular flexibility index (Phi) is 7.20. The van der Waals surface area contributed by atoms with E-state index in [1.807, 2.05) is 12.1 Å². The van der Waals surface area contributed by atoms with Crippen molar-refractivity contribution in [1.82, 2.24) is 14.9 Å². The summed E-state index contributed by atoms with van der Waals surface area (Å²) in [5.74, 6) is 6.08. The van der Waals surface area contributed by atoms with Crippen LogP contribution in [-0.2, 0) is 11.0 Å². The Morgan fingerprint density at radius 3 is 2.69 bits per heavy atom. The van der Waals surface area contributed by atoms with Crippen molar-refractivity contribution in [2.45, 2.75) is 11.3 Å². The summed E-state index contributed by atoms with van der Waals surface area (Å²) < 4.78 is 44.5. The molecule has 3 rings (SSSR count). The smallest absolute Gasteiger partial charge is 0.416 e. The number of alkyl halides is 3. The van der Waals surface area contributed by atoms with Crippen molar-refractivity contribution in [1.29, 1.82) is 0 Å². The molecule has 3 aromatic rings. The van der Waals surface area contributed by atoms with Gasteiger partial charge in [0.25, 0.3) is 5.95 Å². The number of aromatic nitrogens is 3. The number of nitrogens with one attached hydrogen (secondary N) is 2. The molecule has 4 N–H and O–H groups in total. The Morgan fingerprint density at radius 1 is 1.25 bits per heavy atom. The number of nitrogens with zero attached hydrogens (tertiary/aromatic N) is 4. The molecule has 0 radical (unpaired) electrons. The summed E-state index contributed by atoms with van der Waals surface area (Å²) in [5, 5.41) is 14.3. The molecule has 13 heteroatoms. The molecular formula is C19H18F3N7O2S. The summed E-state index contributed by atoms with van der Waals surface area (Å²) in [4.78, 5) is 12.1. The van der Waals surface area contributed by atoms with Gasteiger partial charge in [-0.1, -0.05) is 17.8 Å². The first-order valence-corrected chi connectivity index (χ1v) is 9.98. The highest BCUT2D eigenvalue weighted by molar-refractivity contribution is 7.99. The van der Waals surface area contributed by atoms with Crippen molar-refractivity contribution < 1.29 is 22.7 Å². The van der Waals surface area contributed by atoms with Gasteiger partial charge in [0.2, 0.25) is 11.1 Å². The predicted octanol–water partition coefficient (Wildman–Crippen LogP) is 3.20. The average Bonchev–Trinajstić information content (AvgIpc) is 3.12. The molecule has 0 spiro atoms. The normalized spacial score (nSPS) is 11.5. The number of carbonyl (C=O) groups excluding carboxylic acids is 1. The van der Waals surface area contributed by atoms with Gasteiger partial charge in [-0.05, 0) is 48.0 Å². The van der Waals surface area contributed by atoms with Crippen LogP contribution in [0.25, 0.3) is 0 Å². The summed E-state index contributed by atoms with van der Waals surface area (Å²) >= 11 is 0.963. The topological polar surface area (TPSA) is 119 Å². The lowest BCUT2D eigenvalue weighted by Gasteiger charge is -2.09. The van der Waals surface area contributed by atoms with E-state index in [-0.39, 0.29) is 22.5 Å². The second kappa shape index (κ2) is 10.0. The van der Waals surface area contributed by atoms with Crippen molar-refractivity contribution in [2.75, 3.05) is 29.4 Å². The highest BCUT2D eigenvalue weighted by Gasteiger charge is 2.30. The number of nitrogens with two attached hydrogens (primary N) is 1. The molecule has 1 aromatic heterocycles. The van der Waals surface area contributed by atoms with Crippen LogP contribution in [0.1, 0.15) is 11.1 Å². The minimum Gasteiger partial charge on any atom is -0.497 e. The van der Waals surface area contributed by atoms with Crippen LogP contribution in [0.15, 0.2) is 58.8 Å². The lowest BCUT2D eigenvalue weighted by molar-refractivity contribution is -0.137. The minimum absolute atomic E-state index is 0.0369. The molecule has 0 atom stereocenters. The fraction of sp³-hybridized carbons (Fsp3) is 0.158. The summed E-state index contributed by atoms with van der Waals surface area (Å²) in [7, 11) is 1.57. The second-order valence-corrected chi connectivity index (χ2v) is 7.18. The summed E-state index contributed by atoms with van der Waals surface area (Å²) in [6.45, 7) is 0. The highest BCUT2D eigenvalue weighted by atomic mass is 32.2. The van der Waals surface area contributed by atoms with Gasteiger partial charge in [0.1, 0.15) is 5.75 Å². The fourth-order valence-electron chi connectivity index (χ4n) is 2.41. The standard InChI is InChI=1S/C19H18F3N7O2S/c1-31-15-7-5-12(6-8-15)10-24-26-17-27-28-18(29(17)23)32-11-16(30)25-14-4-2-3-13(9-14)19(20,21)22/h2-10H,11,23H2,1H3,(H,25,30)(H,26,27)/b24-10+. The number of ether oxygens (including phenoxy) is 1. The number of anilines is 2. The van der Waals surface area contributed by atoms with Crippen molar-refractivity contribution in [3.05, 3.63) is 59.7 Å². The molecule has 2 aromatic carbocycles. The van der Waals surface area contributed by atoms with E-state index < -0.39 is 17.6 Å². The highest BCUT2D eigenvalue weighted by Crippen LogP contribution is 2.30. The molecule has 32 heavy (non-hydrogen) atoms. The molecule has 0 bridgehead atoms. The summed E-state index contributed by atoms with van der Waals surface area (Å²) in [5.41, 5.74) is 2.63. The van der Waals surface area contributed by atoms with Gasteiger partial charge in [-0.25, -0.2) is 10.1 Å². The van der Waals surface area contributed by atoms with Gasteiger partial charge in [-0.2, -0.15) is 18.3 Å². The molecule has 1 heterocycles. The van der Waals surface area contributed by atoms with E-state index in [1.54, 1.807) is 25.5 Å². The number of methoxy groups -OCH3 is 1. The van der Waals surface area contributed by atoms with Crippen LogP contribution in [0.3, 0.4) is 0 Å². The van der Waals surface area contributed by atoms with Crippen LogP contribution < -0.4 is 21.3 Å². The first-order chi connectivity index (χ1) is 15.3. The SMILES string of the molecule is COc1ccc(/C=N/Nc2nnc(SCC(=O)Nc3cccc(C(F)(F)F)c3)n2N)cc1. The maximum Gasteiger partial charge on any atom is 0.416 e. The van der Waals surface area contributed by atoms with Crippen LogP contribution in [0.2, 0.25) is 0 Å². The Bertz CT molecular complexity index is 1100. The summed E-state index contributed by atoms with van der Waals surface area (Å²) in [6, 6.07) is 11.5. The van der Waals surface area contributed by atoms with E-state index in [9.17, 15) is 18.0 Å². The zero-order valence-electron chi connectivity index (χ0n) is 16.6. The molecule has 0 fully saturated rings. The van der Waals surface area contributed by atoms with Gasteiger partial charge in [0.15, 0.2) is 0 Å². The van der Waals surface area contributed by atoms with Crippen molar-refractivity contribution in [3.8, 4) is 5.75 Å². The molecule has 0 aliphatic heterocycles. The lowest BCUT2D eigenvalue weighted by atomic mass is 10.2. The van der Waals surface area contributed by atoms with E-state index in [0.29, 0.717) is 0 Å². The Balaban J connectivity index is 1.53. The van der Waals surface area contributed by atoms with Crippen LogP contribution in [0.4, 0.5) is 24.8 Å². The minimum atomic E-state index is -4.50. The fourth-order valence-corrected chi connectivity index (χ4v) is 3.06. The van der Waals surface area contributed by atoms with E-state index in [4.69, 9.17) is 10.6 Å². The Hall–Kier alpha value is -3.74. The second-order valence-electron chi connectivity index (χ2n) is 6.23. The summed E-state index contributed by atoms with van der Waals surface area (Å²) in [6.07, 6.45) is -2.95. The zero-order chi connectivity index (χ0) is 23.1. The molecule has 0 saturated heterocycles. The number of hydrazone groups is 1. The van der Waals surface area contributed by atoms with E-state index in [0.717, 1.165) is 39.9 Å². The van der Waals surface area contributed by atoms with Gasteiger partial charge in [0.05, 0.1) is 24.6 Å². The maximum atomic E-state index is 12.8. The number of benzene rings is 2. The third-order valence-electron chi connectivity index (χ3n) is 3.96. The van der Waals surface area contributed by atoms with Gasteiger partial charge in [0, 0.05) is 5.69 Å². The number of thioether (sulfide) groups is 1. The van der Waals surface area contributed by atoms with Gasteiger partial charge in [-0.15, -0.1) is 10.2 Å². The molecule has 0 unspecified atom stereocenters. The predicted molar refractivity (Wildman–Crippen MR) is 115 cm³/mol. The number of hydrogen-bond acceptors (Lipinski definition) is 8. The number of nitrogen functional groups attached to an aromatic ring is 1. The number of halogens is 3. The number of amides is 1. The third kappa shape index (κ3) is 6.14. The molecule has 0 aliphatic rings. The first kappa shape index (κ1) is 22.9. The van der Waals surface area contributed by atoms with Crippen LogP contribution in [0.5, 0.6) is 5.75 Å². The van der Waals surface area contributed by atoms with E-state index in [1.165, 1.54) is 12.1 Å². The average molecular weight is 465 g/mol. The van der Waals surface area contributed by atoms with Gasteiger partial charge in [-0.3, -0.25) is 4.79 Å². The number of rotatable bonds is 8. The molecule has 1 amide bonds. The first-order valence-electron chi connectivity index (χ1n) is 9.00. The van der Waals surface area contributed by atoms with Crippen molar-refractivity contribution in [3.63, 3.8) is 0 Å². The molecule has 9 nitrogen and oxygen atoms in total. The van der Waals surface area contributed by atoms with Crippen LogP contribution >= 0.6 is 11.8 Å². The van der Waals surface area contributed by atoms with Crippen molar-refractivity contribution in [2.24, 2.45) is 5.10 Å². The molecule has 0 aliphatic carbocycles. The Morgan fingerprint density at radius 2 is 2.00 bits per heavy atom. The van der Waals surface area contributed by atoms with Crippen LogP contribution in [0, 0.1) is 0 Å². The Labute approximate surface area is 184 Å². The van der Waals surface area contributed by atoms with Gasteiger partial charge >= 0.3 is 6.18 Å². The van der Waals surface area contributed by atoms with Gasteiger partial charge < -0.3 is 15.9 Å². The van der Waals surface area contributed by atoms with Crippen molar-refractivity contribution >= 4 is 35.5 Å². The lowest BCUT2D eigenvalue weighted by Crippen LogP contribution is -2.17. The number of carbonyl (C=O) groups is 1. The maximum absolute atomic E-state index is 12.8. The molecule has 168 valence electrons. The van der Waals surface area contributed by atoms with E-state index in [2.05, 4.69) is 26.0 Å². The quantitative estimate of drug-likeness (QED) is 0.202. The monoisotopic (exact) mass is 465 g/mol. The van der Waals surface area contributed by atoms with Crippen LogP contribution in [-0.4, -0.2) is 39.9 Å². The van der Waals surface area contributed by atoms with E-state index >= 15 is 0 Å². The third-order valence-corrected chi connectivity index (χ3v) is 4.91. The molecule has 0 saturated carbocycles.